The molecule has 3 rings (SSSR count). The van der Waals surface area contributed by atoms with Gasteiger partial charge in [-0.1, -0.05) is 42.5 Å². The zero-order valence-electron chi connectivity index (χ0n) is 12.6. The number of rotatable bonds is 4. The largest absolute Gasteiger partial charge is 0.264 e. The molecule has 0 N–H and O–H groups in total. The summed E-state index contributed by atoms with van der Waals surface area (Å²) >= 11 is 0. The van der Waals surface area contributed by atoms with Crippen molar-refractivity contribution in [2.75, 3.05) is 10.8 Å². The molecule has 0 atom stereocenters. The summed E-state index contributed by atoms with van der Waals surface area (Å²) in [6, 6.07) is 18.3. The number of fused-ring (bicyclic) bond motifs is 1. The smallest absolute Gasteiger partial charge is 0.264 e. The summed E-state index contributed by atoms with van der Waals surface area (Å²) < 4.78 is 40.9. The third-order valence-electron chi connectivity index (χ3n) is 3.72. The molecule has 23 heavy (non-hydrogen) atoms. The number of halogens is 1. The Kier molecular flexibility index (Phi) is 4.05. The molecule has 0 aliphatic heterocycles. The minimum Gasteiger partial charge on any atom is -0.264 e. The van der Waals surface area contributed by atoms with Crippen molar-refractivity contribution in [2.45, 2.75) is 11.8 Å². The van der Waals surface area contributed by atoms with E-state index in [1.165, 1.54) is 18.2 Å². The summed E-state index contributed by atoms with van der Waals surface area (Å²) in [4.78, 5) is 0.154. The van der Waals surface area contributed by atoms with E-state index in [0.717, 1.165) is 15.1 Å². The lowest BCUT2D eigenvalue weighted by molar-refractivity contribution is 0.586. The number of benzene rings is 3. The predicted molar refractivity (Wildman–Crippen MR) is 90.6 cm³/mol. The Bertz CT molecular complexity index is 954. The van der Waals surface area contributed by atoms with Crippen molar-refractivity contribution >= 4 is 26.5 Å². The molecule has 0 aromatic heterocycles. The van der Waals surface area contributed by atoms with Crippen molar-refractivity contribution in [3.8, 4) is 0 Å². The standard InChI is InChI=1S/C18H16FNO2S/c1-2-20(18-10-6-5-9-17(18)19)23(21,22)16-12-11-14-7-3-4-8-15(14)13-16/h3-13H,2H2,1H3. The first-order valence-electron chi connectivity index (χ1n) is 7.30. The SMILES string of the molecule is CCN(c1ccccc1F)S(=O)(=O)c1ccc2ccccc2c1. The van der Waals surface area contributed by atoms with Gasteiger partial charge in [0, 0.05) is 6.54 Å². The van der Waals surface area contributed by atoms with Crippen LogP contribution in [-0.2, 0) is 10.0 Å². The van der Waals surface area contributed by atoms with E-state index in [4.69, 9.17) is 0 Å². The van der Waals surface area contributed by atoms with Crippen molar-refractivity contribution in [2.24, 2.45) is 0 Å². The second-order valence-corrected chi connectivity index (χ2v) is 6.99. The Morgan fingerprint density at radius 1 is 0.913 bits per heavy atom. The van der Waals surface area contributed by atoms with E-state index in [0.29, 0.717) is 0 Å². The number of para-hydroxylation sites is 1. The lowest BCUT2D eigenvalue weighted by Crippen LogP contribution is -2.31. The highest BCUT2D eigenvalue weighted by molar-refractivity contribution is 7.92. The van der Waals surface area contributed by atoms with Crippen LogP contribution in [0.1, 0.15) is 6.92 Å². The maximum atomic E-state index is 14.0. The molecule has 0 bridgehead atoms. The van der Waals surface area contributed by atoms with Gasteiger partial charge < -0.3 is 0 Å². The Balaban J connectivity index is 2.13. The Morgan fingerprint density at radius 2 is 1.57 bits per heavy atom. The molecule has 0 spiro atoms. The molecule has 0 amide bonds. The first-order valence-corrected chi connectivity index (χ1v) is 8.74. The first kappa shape index (κ1) is 15.5. The van der Waals surface area contributed by atoms with Crippen molar-refractivity contribution < 1.29 is 12.8 Å². The van der Waals surface area contributed by atoms with E-state index in [1.54, 1.807) is 31.2 Å². The molecule has 3 aromatic rings. The fraction of sp³-hybridized carbons (Fsp3) is 0.111. The fourth-order valence-electron chi connectivity index (χ4n) is 2.58. The molecule has 0 heterocycles. The Hall–Kier alpha value is -2.40. The topological polar surface area (TPSA) is 37.4 Å². The fourth-order valence-corrected chi connectivity index (χ4v) is 4.10. The van der Waals surface area contributed by atoms with Gasteiger partial charge in [-0.15, -0.1) is 0 Å². The van der Waals surface area contributed by atoms with E-state index in [-0.39, 0.29) is 17.1 Å². The second-order valence-electron chi connectivity index (χ2n) is 5.13. The summed E-state index contributed by atoms with van der Waals surface area (Å²) in [5, 5.41) is 1.79. The molecule has 5 heteroatoms. The van der Waals surface area contributed by atoms with Crippen LogP contribution in [0.25, 0.3) is 10.8 Å². The average molecular weight is 329 g/mol. The molecule has 0 saturated carbocycles. The van der Waals surface area contributed by atoms with Crippen LogP contribution in [0.3, 0.4) is 0 Å². The maximum Gasteiger partial charge on any atom is 0.264 e. The Morgan fingerprint density at radius 3 is 2.26 bits per heavy atom. The van der Waals surface area contributed by atoms with Crippen LogP contribution >= 0.6 is 0 Å². The van der Waals surface area contributed by atoms with E-state index in [2.05, 4.69) is 0 Å². The predicted octanol–water partition coefficient (Wildman–Crippen LogP) is 4.19. The molecule has 0 aliphatic carbocycles. The molecule has 0 unspecified atom stereocenters. The maximum absolute atomic E-state index is 14.0. The zero-order valence-corrected chi connectivity index (χ0v) is 13.4. The minimum atomic E-state index is -3.82. The number of anilines is 1. The highest BCUT2D eigenvalue weighted by Crippen LogP contribution is 2.27. The lowest BCUT2D eigenvalue weighted by Gasteiger charge is -2.23. The normalized spacial score (nSPS) is 11.6. The van der Waals surface area contributed by atoms with Crippen LogP contribution < -0.4 is 4.31 Å². The van der Waals surface area contributed by atoms with Crippen LogP contribution in [-0.4, -0.2) is 15.0 Å². The van der Waals surface area contributed by atoms with E-state index < -0.39 is 15.8 Å². The van der Waals surface area contributed by atoms with Gasteiger partial charge in [0.1, 0.15) is 5.82 Å². The first-order chi connectivity index (χ1) is 11.0. The van der Waals surface area contributed by atoms with Gasteiger partial charge in [0.15, 0.2) is 0 Å². The van der Waals surface area contributed by atoms with Crippen LogP contribution in [0.4, 0.5) is 10.1 Å². The van der Waals surface area contributed by atoms with Crippen LogP contribution in [0.2, 0.25) is 0 Å². The van der Waals surface area contributed by atoms with Gasteiger partial charge >= 0.3 is 0 Å². The molecule has 0 aliphatic rings. The molecule has 3 nitrogen and oxygen atoms in total. The van der Waals surface area contributed by atoms with Gasteiger partial charge in [0.2, 0.25) is 0 Å². The van der Waals surface area contributed by atoms with E-state index in [1.807, 2.05) is 24.3 Å². The lowest BCUT2D eigenvalue weighted by atomic mass is 10.1. The second kappa shape index (κ2) is 6.01. The van der Waals surface area contributed by atoms with Gasteiger partial charge in [0.05, 0.1) is 10.6 Å². The van der Waals surface area contributed by atoms with Crippen molar-refractivity contribution in [1.82, 2.24) is 0 Å². The number of sulfonamides is 1. The van der Waals surface area contributed by atoms with Crippen LogP contribution in [0.5, 0.6) is 0 Å². The van der Waals surface area contributed by atoms with E-state index in [9.17, 15) is 12.8 Å². The van der Waals surface area contributed by atoms with Crippen molar-refractivity contribution in [1.29, 1.82) is 0 Å². The van der Waals surface area contributed by atoms with Gasteiger partial charge in [-0.2, -0.15) is 0 Å². The number of hydrogen-bond acceptors (Lipinski definition) is 2. The summed E-state index contributed by atoms with van der Waals surface area (Å²) in [5.74, 6) is -0.557. The molecular weight excluding hydrogens is 313 g/mol. The van der Waals surface area contributed by atoms with Crippen molar-refractivity contribution in [3.05, 3.63) is 72.5 Å². The third-order valence-corrected chi connectivity index (χ3v) is 5.60. The molecule has 0 radical (unpaired) electrons. The summed E-state index contributed by atoms with van der Waals surface area (Å²) in [5.41, 5.74) is 0.0585. The van der Waals surface area contributed by atoms with Gasteiger partial charge in [-0.3, -0.25) is 4.31 Å². The molecule has 0 saturated heterocycles. The summed E-state index contributed by atoms with van der Waals surface area (Å²) in [7, 11) is -3.82. The summed E-state index contributed by atoms with van der Waals surface area (Å²) in [6.07, 6.45) is 0. The van der Waals surface area contributed by atoms with Crippen LogP contribution in [0, 0.1) is 5.82 Å². The molecular formula is C18H16FNO2S. The molecule has 3 aromatic carbocycles. The highest BCUT2D eigenvalue weighted by atomic mass is 32.2. The Labute approximate surface area is 135 Å². The van der Waals surface area contributed by atoms with E-state index >= 15 is 0 Å². The van der Waals surface area contributed by atoms with Crippen molar-refractivity contribution in [3.63, 3.8) is 0 Å². The quantitative estimate of drug-likeness (QED) is 0.719. The van der Waals surface area contributed by atoms with Gasteiger partial charge in [0.25, 0.3) is 10.0 Å². The molecule has 118 valence electrons. The third kappa shape index (κ3) is 2.80. The number of hydrogen-bond donors (Lipinski definition) is 0. The van der Waals surface area contributed by atoms with Crippen LogP contribution in [0.15, 0.2) is 71.6 Å². The zero-order chi connectivity index (χ0) is 16.4. The van der Waals surface area contributed by atoms with Gasteiger partial charge in [-0.25, -0.2) is 12.8 Å². The highest BCUT2D eigenvalue weighted by Gasteiger charge is 2.25. The minimum absolute atomic E-state index is 0.0585. The molecule has 0 fully saturated rings. The van der Waals surface area contributed by atoms with Gasteiger partial charge in [-0.05, 0) is 42.0 Å². The number of nitrogens with zero attached hydrogens (tertiary/aromatic N) is 1. The monoisotopic (exact) mass is 329 g/mol. The average Bonchev–Trinajstić information content (AvgIpc) is 2.56. The summed E-state index contributed by atoms with van der Waals surface area (Å²) in [6.45, 7) is 1.83.